The molecule has 0 amide bonds. The van der Waals surface area contributed by atoms with Crippen LogP contribution < -0.4 is 14.2 Å². The summed E-state index contributed by atoms with van der Waals surface area (Å²) in [6.07, 6.45) is 0. The number of hydrogen-bond donors (Lipinski definition) is 0. The molecule has 0 heterocycles. The summed E-state index contributed by atoms with van der Waals surface area (Å²) in [5.41, 5.74) is 0.828. The molecule has 0 unspecified atom stereocenters. The van der Waals surface area contributed by atoms with Crippen molar-refractivity contribution >= 4 is 15.9 Å². The van der Waals surface area contributed by atoms with E-state index in [1.807, 2.05) is 12.1 Å². The van der Waals surface area contributed by atoms with Crippen LogP contribution in [0.4, 0.5) is 0 Å². The summed E-state index contributed by atoms with van der Waals surface area (Å²) in [6.45, 7) is 0. The van der Waals surface area contributed by atoms with Crippen LogP contribution in [0.15, 0.2) is 12.1 Å². The van der Waals surface area contributed by atoms with Crippen LogP contribution in [0.1, 0.15) is 5.56 Å². The fraction of sp³-hybridized carbons (Fsp3) is 0.333. The molecule has 0 aliphatic heterocycles. The lowest BCUT2D eigenvalue weighted by molar-refractivity contribution is 0.324. The SMILES string of the molecule is COc1cc(C#CCBr)cc(OC)c1OC. The van der Waals surface area contributed by atoms with Crippen molar-refractivity contribution in [3.8, 4) is 29.1 Å². The fourth-order valence-corrected chi connectivity index (χ4v) is 1.43. The summed E-state index contributed by atoms with van der Waals surface area (Å²) in [6, 6.07) is 3.63. The predicted molar refractivity (Wildman–Crippen MR) is 66.8 cm³/mol. The Morgan fingerprint density at radius 1 is 1.06 bits per heavy atom. The Balaban J connectivity index is 3.25. The van der Waals surface area contributed by atoms with E-state index in [2.05, 4.69) is 27.8 Å². The van der Waals surface area contributed by atoms with Crippen molar-refractivity contribution in [1.29, 1.82) is 0 Å². The molecule has 3 nitrogen and oxygen atoms in total. The topological polar surface area (TPSA) is 27.7 Å². The molecule has 0 aliphatic carbocycles. The van der Waals surface area contributed by atoms with Gasteiger partial charge in [-0.2, -0.15) is 0 Å². The molecule has 0 saturated carbocycles. The minimum absolute atomic E-state index is 0.578. The highest BCUT2D eigenvalue weighted by Crippen LogP contribution is 2.37. The molecule has 0 aliphatic rings. The van der Waals surface area contributed by atoms with Crippen LogP contribution in [0.25, 0.3) is 0 Å². The number of rotatable bonds is 3. The third kappa shape index (κ3) is 2.83. The fourth-order valence-electron chi connectivity index (χ4n) is 1.29. The molecule has 1 aromatic carbocycles. The van der Waals surface area contributed by atoms with E-state index in [0.29, 0.717) is 22.6 Å². The molecule has 1 rings (SSSR count). The standard InChI is InChI=1S/C12H13BrO3/c1-14-10-7-9(5-4-6-13)8-11(15-2)12(10)16-3/h7-8H,6H2,1-3H3. The second-order valence-electron chi connectivity index (χ2n) is 2.85. The lowest BCUT2D eigenvalue weighted by Gasteiger charge is -2.12. The largest absolute Gasteiger partial charge is 0.493 e. The van der Waals surface area contributed by atoms with E-state index in [1.54, 1.807) is 21.3 Å². The van der Waals surface area contributed by atoms with Crippen LogP contribution in [0, 0.1) is 11.8 Å². The molecule has 0 spiro atoms. The number of benzene rings is 1. The zero-order valence-corrected chi connectivity index (χ0v) is 11.1. The molecule has 0 saturated heterocycles. The number of halogens is 1. The van der Waals surface area contributed by atoms with Crippen LogP contribution in [0.5, 0.6) is 17.2 Å². The van der Waals surface area contributed by atoms with Crippen LogP contribution >= 0.6 is 15.9 Å². The smallest absolute Gasteiger partial charge is 0.203 e. The van der Waals surface area contributed by atoms with E-state index < -0.39 is 0 Å². The predicted octanol–water partition coefficient (Wildman–Crippen LogP) is 2.46. The van der Waals surface area contributed by atoms with Gasteiger partial charge in [-0.1, -0.05) is 27.8 Å². The molecular weight excluding hydrogens is 272 g/mol. The van der Waals surface area contributed by atoms with Crippen molar-refractivity contribution in [3.05, 3.63) is 17.7 Å². The summed E-state index contributed by atoms with van der Waals surface area (Å²) in [7, 11) is 4.74. The molecule has 0 N–H and O–H groups in total. The summed E-state index contributed by atoms with van der Waals surface area (Å²) in [5, 5.41) is 0.629. The first-order chi connectivity index (χ1) is 7.76. The van der Waals surface area contributed by atoms with Crippen molar-refractivity contribution in [2.24, 2.45) is 0 Å². The maximum absolute atomic E-state index is 5.21. The monoisotopic (exact) mass is 284 g/mol. The van der Waals surface area contributed by atoms with Gasteiger partial charge in [0.2, 0.25) is 5.75 Å². The lowest BCUT2D eigenvalue weighted by atomic mass is 10.2. The minimum atomic E-state index is 0.578. The van der Waals surface area contributed by atoms with E-state index in [4.69, 9.17) is 14.2 Å². The molecule has 0 atom stereocenters. The van der Waals surface area contributed by atoms with E-state index >= 15 is 0 Å². The Morgan fingerprint density at radius 3 is 2.00 bits per heavy atom. The maximum Gasteiger partial charge on any atom is 0.203 e. The van der Waals surface area contributed by atoms with E-state index in [1.165, 1.54) is 0 Å². The van der Waals surface area contributed by atoms with Crippen molar-refractivity contribution in [2.75, 3.05) is 26.7 Å². The molecule has 0 aromatic heterocycles. The highest BCUT2D eigenvalue weighted by Gasteiger charge is 2.11. The number of hydrogen-bond acceptors (Lipinski definition) is 3. The Kier molecular flexibility index (Phi) is 5.00. The second kappa shape index (κ2) is 6.29. The average Bonchev–Trinajstić information content (AvgIpc) is 2.34. The Morgan fingerprint density at radius 2 is 1.62 bits per heavy atom. The molecule has 0 fully saturated rings. The number of methoxy groups -OCH3 is 3. The van der Waals surface area contributed by atoms with Gasteiger partial charge >= 0.3 is 0 Å². The summed E-state index contributed by atoms with van der Waals surface area (Å²) in [5.74, 6) is 7.70. The van der Waals surface area contributed by atoms with Gasteiger partial charge in [0.05, 0.1) is 26.7 Å². The van der Waals surface area contributed by atoms with Gasteiger partial charge in [0.15, 0.2) is 11.5 Å². The van der Waals surface area contributed by atoms with Crippen molar-refractivity contribution in [1.82, 2.24) is 0 Å². The highest BCUT2D eigenvalue weighted by atomic mass is 79.9. The molecule has 16 heavy (non-hydrogen) atoms. The Bertz CT molecular complexity index is 393. The number of ether oxygens (including phenoxy) is 3. The molecule has 0 bridgehead atoms. The molecule has 86 valence electrons. The van der Waals surface area contributed by atoms with Gasteiger partial charge in [-0.05, 0) is 12.1 Å². The first-order valence-electron chi connectivity index (χ1n) is 4.61. The first-order valence-corrected chi connectivity index (χ1v) is 5.73. The van der Waals surface area contributed by atoms with Crippen LogP contribution in [-0.4, -0.2) is 26.7 Å². The van der Waals surface area contributed by atoms with Gasteiger partial charge in [0, 0.05) is 5.56 Å². The normalized spacial score (nSPS) is 9.00. The van der Waals surface area contributed by atoms with E-state index in [0.717, 1.165) is 5.56 Å². The van der Waals surface area contributed by atoms with Gasteiger partial charge in [-0.15, -0.1) is 0 Å². The summed E-state index contributed by atoms with van der Waals surface area (Å²) >= 11 is 3.25. The van der Waals surface area contributed by atoms with Gasteiger partial charge in [0.25, 0.3) is 0 Å². The zero-order valence-electron chi connectivity index (χ0n) is 9.46. The Hall–Kier alpha value is -1.34. The van der Waals surface area contributed by atoms with Gasteiger partial charge in [-0.25, -0.2) is 0 Å². The Labute approximate surface area is 104 Å². The van der Waals surface area contributed by atoms with Gasteiger partial charge < -0.3 is 14.2 Å². The van der Waals surface area contributed by atoms with Crippen LogP contribution in [0.3, 0.4) is 0 Å². The second-order valence-corrected chi connectivity index (χ2v) is 3.41. The third-order valence-corrected chi connectivity index (χ3v) is 2.24. The van der Waals surface area contributed by atoms with Crippen molar-refractivity contribution < 1.29 is 14.2 Å². The van der Waals surface area contributed by atoms with Crippen LogP contribution in [-0.2, 0) is 0 Å². The molecular formula is C12H13BrO3. The quantitative estimate of drug-likeness (QED) is 0.630. The van der Waals surface area contributed by atoms with Gasteiger partial charge in [0.1, 0.15) is 0 Å². The van der Waals surface area contributed by atoms with Crippen LogP contribution in [0.2, 0.25) is 0 Å². The maximum atomic E-state index is 5.21. The average molecular weight is 285 g/mol. The molecule has 4 heteroatoms. The number of alkyl halides is 1. The minimum Gasteiger partial charge on any atom is -0.493 e. The van der Waals surface area contributed by atoms with E-state index in [-0.39, 0.29) is 0 Å². The highest BCUT2D eigenvalue weighted by molar-refractivity contribution is 9.09. The molecule has 0 radical (unpaired) electrons. The van der Waals surface area contributed by atoms with E-state index in [9.17, 15) is 0 Å². The lowest BCUT2D eigenvalue weighted by Crippen LogP contribution is -1.95. The first kappa shape index (κ1) is 12.7. The zero-order chi connectivity index (χ0) is 12.0. The summed E-state index contributed by atoms with van der Waals surface area (Å²) < 4.78 is 15.6. The van der Waals surface area contributed by atoms with Crippen molar-refractivity contribution in [2.45, 2.75) is 0 Å². The van der Waals surface area contributed by atoms with Gasteiger partial charge in [-0.3, -0.25) is 0 Å². The third-order valence-electron chi connectivity index (χ3n) is 1.96. The van der Waals surface area contributed by atoms with Crippen molar-refractivity contribution in [3.63, 3.8) is 0 Å². The molecule has 1 aromatic rings. The summed E-state index contributed by atoms with van der Waals surface area (Å²) in [4.78, 5) is 0.